The van der Waals surface area contributed by atoms with Crippen LogP contribution in [0.15, 0.2) is 42.5 Å². The monoisotopic (exact) mass is 374 g/mol. The summed E-state index contributed by atoms with van der Waals surface area (Å²) in [5.41, 5.74) is 1.30. The van der Waals surface area contributed by atoms with E-state index in [0.717, 1.165) is 12.1 Å². The molecule has 2 aromatic carbocycles. The Morgan fingerprint density at radius 1 is 1.04 bits per heavy atom. The number of hydrogen-bond donors (Lipinski definition) is 1. The topological polar surface area (TPSA) is 58.6 Å². The second kappa shape index (κ2) is 8.26. The Bertz CT molecular complexity index is 834. The number of carbonyl (C=O) groups is 2. The number of carbonyl (C=O) groups excluding carboxylic acids is 2. The van der Waals surface area contributed by atoms with Gasteiger partial charge in [0, 0.05) is 43.1 Å². The number of hydrogen-bond acceptors (Lipinski definition) is 3. The first-order valence-corrected chi connectivity index (χ1v) is 8.69. The van der Waals surface area contributed by atoms with Crippen LogP contribution in [-0.4, -0.2) is 31.1 Å². The van der Waals surface area contributed by atoms with Crippen molar-refractivity contribution in [2.24, 2.45) is 0 Å². The van der Waals surface area contributed by atoms with Gasteiger partial charge in [-0.3, -0.25) is 9.59 Å². The molecule has 1 N–H and O–H groups in total. The molecule has 2 aromatic rings. The summed E-state index contributed by atoms with van der Waals surface area (Å²) >= 11 is 0. The van der Waals surface area contributed by atoms with E-state index in [1.807, 2.05) is 0 Å². The molecule has 0 atom stereocenters. The zero-order chi connectivity index (χ0) is 19.4. The summed E-state index contributed by atoms with van der Waals surface area (Å²) in [6.07, 6.45) is 1.28. The predicted molar refractivity (Wildman–Crippen MR) is 97.8 cm³/mol. The van der Waals surface area contributed by atoms with Gasteiger partial charge in [0.15, 0.2) is 11.6 Å². The van der Waals surface area contributed by atoms with E-state index in [2.05, 4.69) is 5.32 Å². The Morgan fingerprint density at radius 3 is 2.30 bits per heavy atom. The van der Waals surface area contributed by atoms with Crippen LogP contribution in [-0.2, 0) is 9.53 Å². The quantitative estimate of drug-likeness (QED) is 0.887. The van der Waals surface area contributed by atoms with E-state index in [1.165, 1.54) is 13.0 Å². The molecule has 1 saturated heterocycles. The molecule has 1 aliphatic rings. The van der Waals surface area contributed by atoms with Gasteiger partial charge in [0.25, 0.3) is 5.91 Å². The van der Waals surface area contributed by atoms with Gasteiger partial charge in [-0.15, -0.1) is 0 Å². The van der Waals surface area contributed by atoms with E-state index >= 15 is 0 Å². The fourth-order valence-electron chi connectivity index (χ4n) is 3.11. The van der Waals surface area contributed by atoms with Crippen LogP contribution in [0.3, 0.4) is 0 Å². The average molecular weight is 374 g/mol. The van der Waals surface area contributed by atoms with Crippen molar-refractivity contribution in [1.29, 1.82) is 0 Å². The van der Waals surface area contributed by atoms with Crippen molar-refractivity contribution in [3.05, 3.63) is 59.7 Å². The van der Waals surface area contributed by atoms with E-state index < -0.39 is 17.5 Å². The summed E-state index contributed by atoms with van der Waals surface area (Å²) in [6.45, 7) is 2.46. The van der Waals surface area contributed by atoms with Crippen LogP contribution in [0.4, 0.5) is 20.2 Å². The van der Waals surface area contributed by atoms with E-state index in [4.69, 9.17) is 4.74 Å². The molecule has 142 valence electrons. The van der Waals surface area contributed by atoms with Crippen LogP contribution in [0.25, 0.3) is 0 Å². The van der Waals surface area contributed by atoms with E-state index in [0.29, 0.717) is 37.4 Å². The van der Waals surface area contributed by atoms with Gasteiger partial charge in [0.1, 0.15) is 0 Å². The number of nitrogens with zero attached hydrogens (tertiary/aromatic N) is 1. The Labute approximate surface area is 155 Å². The third kappa shape index (κ3) is 4.49. The van der Waals surface area contributed by atoms with Gasteiger partial charge >= 0.3 is 0 Å². The molecule has 0 aliphatic carbocycles. The van der Waals surface area contributed by atoms with Crippen LogP contribution in [0.5, 0.6) is 0 Å². The third-order valence-electron chi connectivity index (χ3n) is 4.41. The fraction of sp³-hybridized carbons (Fsp3) is 0.300. The summed E-state index contributed by atoms with van der Waals surface area (Å²) in [4.78, 5) is 25.9. The van der Waals surface area contributed by atoms with E-state index in [1.54, 1.807) is 29.2 Å². The van der Waals surface area contributed by atoms with Gasteiger partial charge in [0.2, 0.25) is 5.91 Å². The van der Waals surface area contributed by atoms with Gasteiger partial charge in [-0.2, -0.15) is 0 Å². The first-order chi connectivity index (χ1) is 13.0. The number of anilines is 2. The third-order valence-corrected chi connectivity index (χ3v) is 4.41. The van der Waals surface area contributed by atoms with Crippen LogP contribution in [0, 0.1) is 11.6 Å². The molecule has 7 heteroatoms. The highest BCUT2D eigenvalue weighted by molar-refractivity contribution is 6.06. The lowest BCUT2D eigenvalue weighted by Gasteiger charge is -2.34. The predicted octanol–water partition coefficient (Wildman–Crippen LogP) is 3.75. The number of rotatable bonds is 4. The smallest absolute Gasteiger partial charge is 0.258 e. The highest BCUT2D eigenvalue weighted by Crippen LogP contribution is 2.27. The molecule has 3 rings (SSSR count). The van der Waals surface area contributed by atoms with E-state index in [-0.39, 0.29) is 17.5 Å². The van der Waals surface area contributed by atoms with Gasteiger partial charge in [-0.1, -0.05) is 0 Å². The Morgan fingerprint density at radius 2 is 1.70 bits per heavy atom. The second-order valence-corrected chi connectivity index (χ2v) is 6.38. The number of ether oxygens (including phenoxy) is 1. The SMILES string of the molecule is CC(=O)Nc1ccc(N(C(=O)c2ccc(F)c(F)c2)C2CCOCC2)cc1. The molecule has 1 heterocycles. The molecular formula is C20H20F2N2O3. The lowest BCUT2D eigenvalue weighted by molar-refractivity contribution is -0.114. The minimum atomic E-state index is -1.06. The lowest BCUT2D eigenvalue weighted by Crippen LogP contribution is -2.43. The van der Waals surface area contributed by atoms with Crippen molar-refractivity contribution in [2.45, 2.75) is 25.8 Å². The zero-order valence-electron chi connectivity index (χ0n) is 14.9. The first kappa shape index (κ1) is 19.0. The van der Waals surface area contributed by atoms with Crippen molar-refractivity contribution >= 4 is 23.2 Å². The minimum absolute atomic E-state index is 0.0753. The normalized spacial score (nSPS) is 14.6. The van der Waals surface area contributed by atoms with Crippen LogP contribution < -0.4 is 10.2 Å². The largest absolute Gasteiger partial charge is 0.381 e. The molecule has 0 saturated carbocycles. The van der Waals surface area contributed by atoms with Gasteiger partial charge < -0.3 is 15.0 Å². The van der Waals surface area contributed by atoms with E-state index in [9.17, 15) is 18.4 Å². The first-order valence-electron chi connectivity index (χ1n) is 8.69. The molecule has 1 fully saturated rings. The van der Waals surface area contributed by atoms with Crippen molar-refractivity contribution in [3.63, 3.8) is 0 Å². The number of benzene rings is 2. The van der Waals surface area contributed by atoms with Gasteiger partial charge in [0.05, 0.1) is 0 Å². The second-order valence-electron chi connectivity index (χ2n) is 6.38. The van der Waals surface area contributed by atoms with Gasteiger partial charge in [-0.05, 0) is 55.3 Å². The fourth-order valence-corrected chi connectivity index (χ4v) is 3.11. The molecule has 0 spiro atoms. The average Bonchev–Trinajstić information content (AvgIpc) is 2.66. The van der Waals surface area contributed by atoms with Crippen LogP contribution >= 0.6 is 0 Å². The highest BCUT2D eigenvalue weighted by atomic mass is 19.2. The maximum atomic E-state index is 13.6. The number of nitrogens with one attached hydrogen (secondary N) is 1. The molecule has 0 aromatic heterocycles. The Kier molecular flexibility index (Phi) is 5.81. The molecule has 27 heavy (non-hydrogen) atoms. The molecule has 1 aliphatic heterocycles. The molecule has 0 unspecified atom stereocenters. The van der Waals surface area contributed by atoms with Crippen molar-refractivity contribution in [2.75, 3.05) is 23.4 Å². The number of halogens is 2. The summed E-state index contributed by atoms with van der Waals surface area (Å²) in [5.74, 6) is -2.66. The highest BCUT2D eigenvalue weighted by Gasteiger charge is 2.28. The van der Waals surface area contributed by atoms with Gasteiger partial charge in [-0.25, -0.2) is 8.78 Å². The standard InChI is InChI=1S/C20H20F2N2O3/c1-13(25)23-15-3-5-16(6-4-15)24(17-8-10-27-11-9-17)20(26)14-2-7-18(21)19(22)12-14/h2-7,12,17H,8-11H2,1H3,(H,23,25). The molecule has 5 nitrogen and oxygen atoms in total. The lowest BCUT2D eigenvalue weighted by atomic mass is 10.0. The summed E-state index contributed by atoms with van der Waals surface area (Å²) in [6, 6.07) is 9.85. The molecule has 0 radical (unpaired) electrons. The molecule has 0 bridgehead atoms. The molecule has 2 amide bonds. The van der Waals surface area contributed by atoms with Crippen LogP contribution in [0.2, 0.25) is 0 Å². The Hall–Kier alpha value is -2.80. The van der Waals surface area contributed by atoms with Crippen molar-refractivity contribution in [3.8, 4) is 0 Å². The maximum Gasteiger partial charge on any atom is 0.258 e. The Balaban J connectivity index is 1.93. The summed E-state index contributed by atoms with van der Waals surface area (Å²) in [5, 5.41) is 2.67. The van der Waals surface area contributed by atoms with Crippen LogP contribution in [0.1, 0.15) is 30.1 Å². The van der Waals surface area contributed by atoms with Crippen molar-refractivity contribution in [1.82, 2.24) is 0 Å². The zero-order valence-corrected chi connectivity index (χ0v) is 14.9. The number of amides is 2. The maximum absolute atomic E-state index is 13.6. The molecular weight excluding hydrogens is 354 g/mol. The summed E-state index contributed by atoms with van der Waals surface area (Å²) < 4.78 is 32.2. The summed E-state index contributed by atoms with van der Waals surface area (Å²) in [7, 11) is 0. The van der Waals surface area contributed by atoms with Crippen molar-refractivity contribution < 1.29 is 23.1 Å². The minimum Gasteiger partial charge on any atom is -0.381 e.